The predicted molar refractivity (Wildman–Crippen MR) is 67.2 cm³/mol. The molecule has 2 aromatic rings. The Morgan fingerprint density at radius 1 is 1.29 bits per heavy atom. The highest BCUT2D eigenvalue weighted by molar-refractivity contribution is 9.13. The first kappa shape index (κ1) is 10.3. The largest absolute Gasteiger partial charge is 0.321 e. The van der Waals surface area contributed by atoms with Crippen LogP contribution >= 0.6 is 43.2 Å². The number of hydrogen-bond acceptors (Lipinski definition) is 2. The smallest absolute Gasteiger partial charge is 0.0843 e. The Balaban J connectivity index is 1.98. The van der Waals surface area contributed by atoms with Gasteiger partial charge in [0.2, 0.25) is 0 Å². The van der Waals surface area contributed by atoms with Gasteiger partial charge in [0.05, 0.1) is 10.3 Å². The Bertz CT molecular complexity index is 389. The van der Waals surface area contributed by atoms with Gasteiger partial charge in [0, 0.05) is 21.7 Å². The van der Waals surface area contributed by atoms with Crippen molar-refractivity contribution in [2.75, 3.05) is 5.43 Å². The van der Waals surface area contributed by atoms with E-state index in [9.17, 15) is 0 Å². The molecule has 0 amide bonds. The first-order chi connectivity index (χ1) is 6.75. The minimum atomic E-state index is 0.837. The van der Waals surface area contributed by atoms with Gasteiger partial charge in [-0.05, 0) is 50.1 Å². The molecule has 0 aliphatic carbocycles. The van der Waals surface area contributed by atoms with Crippen LogP contribution in [0.2, 0.25) is 0 Å². The van der Waals surface area contributed by atoms with Gasteiger partial charge in [0.1, 0.15) is 0 Å². The van der Waals surface area contributed by atoms with Crippen molar-refractivity contribution in [3.63, 3.8) is 0 Å². The summed E-state index contributed by atoms with van der Waals surface area (Å²) in [4.78, 5) is 1.29. The number of nitrogens with zero attached hydrogens (tertiary/aromatic N) is 1. The Labute approximate surface area is 103 Å². The van der Waals surface area contributed by atoms with Crippen LogP contribution in [0, 0.1) is 0 Å². The number of hydrogen-bond donors (Lipinski definition) is 1. The third-order valence-electron chi connectivity index (χ3n) is 1.74. The summed E-state index contributed by atoms with van der Waals surface area (Å²) >= 11 is 8.67. The second-order valence-electron chi connectivity index (χ2n) is 2.76. The monoisotopic (exact) mass is 334 g/mol. The zero-order valence-corrected chi connectivity index (χ0v) is 11.2. The number of halogens is 2. The summed E-state index contributed by atoms with van der Waals surface area (Å²) in [5, 5.41) is 0. The quantitative estimate of drug-likeness (QED) is 0.902. The third kappa shape index (κ3) is 2.40. The molecule has 0 atom stereocenters. The molecule has 0 aliphatic rings. The average Bonchev–Trinajstić information content (AvgIpc) is 2.74. The van der Waals surface area contributed by atoms with Crippen molar-refractivity contribution in [2.45, 2.75) is 6.54 Å². The van der Waals surface area contributed by atoms with E-state index >= 15 is 0 Å². The van der Waals surface area contributed by atoms with E-state index in [0.717, 1.165) is 14.8 Å². The maximum atomic E-state index is 3.47. The number of aromatic nitrogens is 1. The highest BCUT2D eigenvalue weighted by Crippen LogP contribution is 2.32. The van der Waals surface area contributed by atoms with Crippen molar-refractivity contribution in [3.05, 3.63) is 43.7 Å². The van der Waals surface area contributed by atoms with Gasteiger partial charge < -0.3 is 5.43 Å². The molecule has 0 fully saturated rings. The number of nitrogens with one attached hydrogen (secondary N) is 1. The highest BCUT2D eigenvalue weighted by atomic mass is 79.9. The lowest BCUT2D eigenvalue weighted by Gasteiger charge is -2.04. The molecule has 0 bridgehead atoms. The van der Waals surface area contributed by atoms with E-state index in [0.29, 0.717) is 0 Å². The van der Waals surface area contributed by atoms with Crippen LogP contribution in [0.3, 0.4) is 0 Å². The molecule has 1 N–H and O–H groups in total. The summed E-state index contributed by atoms with van der Waals surface area (Å²) in [5.74, 6) is 0. The predicted octanol–water partition coefficient (Wildman–Crippen LogP) is 3.82. The van der Waals surface area contributed by atoms with E-state index in [1.807, 2.05) is 29.2 Å². The molecule has 0 saturated heterocycles. The van der Waals surface area contributed by atoms with Crippen LogP contribution in [0.25, 0.3) is 0 Å². The van der Waals surface area contributed by atoms with E-state index in [1.54, 1.807) is 11.3 Å². The molecule has 0 saturated carbocycles. The van der Waals surface area contributed by atoms with Crippen LogP contribution in [0.5, 0.6) is 0 Å². The van der Waals surface area contributed by atoms with Gasteiger partial charge >= 0.3 is 0 Å². The minimum Gasteiger partial charge on any atom is -0.321 e. The normalized spacial score (nSPS) is 10.4. The zero-order chi connectivity index (χ0) is 9.97. The van der Waals surface area contributed by atoms with Crippen molar-refractivity contribution in [1.29, 1.82) is 0 Å². The van der Waals surface area contributed by atoms with E-state index in [1.165, 1.54) is 4.88 Å². The number of thiophene rings is 1. The molecule has 0 aromatic carbocycles. The fraction of sp³-hybridized carbons (Fsp3) is 0.111. The first-order valence-electron chi connectivity index (χ1n) is 4.06. The Hall–Kier alpha value is -0.260. The second-order valence-corrected chi connectivity index (χ2v) is 6.07. The molecule has 0 aliphatic heterocycles. The van der Waals surface area contributed by atoms with E-state index in [-0.39, 0.29) is 0 Å². The summed E-state index contributed by atoms with van der Waals surface area (Å²) < 4.78 is 4.20. The van der Waals surface area contributed by atoms with Crippen LogP contribution in [0.1, 0.15) is 4.88 Å². The summed E-state index contributed by atoms with van der Waals surface area (Å²) in [7, 11) is 0. The van der Waals surface area contributed by atoms with Crippen molar-refractivity contribution in [1.82, 2.24) is 4.68 Å². The topological polar surface area (TPSA) is 17.0 Å². The second kappa shape index (κ2) is 4.51. The zero-order valence-electron chi connectivity index (χ0n) is 7.21. The summed E-state index contributed by atoms with van der Waals surface area (Å²) in [6.45, 7) is 0.837. The molecule has 5 heteroatoms. The van der Waals surface area contributed by atoms with Crippen LogP contribution in [0.4, 0.5) is 0 Å². The maximum absolute atomic E-state index is 3.47. The van der Waals surface area contributed by atoms with Crippen molar-refractivity contribution < 1.29 is 0 Å². The SMILES string of the molecule is Brc1cc(CNn2cccc2)sc1Br. The molecule has 2 aromatic heterocycles. The van der Waals surface area contributed by atoms with Gasteiger partial charge in [-0.2, -0.15) is 0 Å². The standard InChI is InChI=1S/C9H8Br2N2S/c10-8-5-7(14-9(8)11)6-12-13-3-1-2-4-13/h1-5,12H,6H2. The molecular weight excluding hydrogens is 328 g/mol. The fourth-order valence-corrected chi connectivity index (χ4v) is 3.20. The van der Waals surface area contributed by atoms with Gasteiger partial charge in [0.15, 0.2) is 0 Å². The summed E-state index contributed by atoms with van der Waals surface area (Å²) in [6, 6.07) is 6.10. The van der Waals surface area contributed by atoms with Crippen molar-refractivity contribution in [2.24, 2.45) is 0 Å². The van der Waals surface area contributed by atoms with E-state index < -0.39 is 0 Å². The summed E-state index contributed by atoms with van der Waals surface area (Å²) in [6.07, 6.45) is 3.97. The third-order valence-corrected chi connectivity index (χ3v) is 4.99. The van der Waals surface area contributed by atoms with E-state index in [2.05, 4.69) is 43.4 Å². The van der Waals surface area contributed by atoms with Gasteiger partial charge in [-0.3, -0.25) is 4.68 Å². The van der Waals surface area contributed by atoms with Crippen LogP contribution < -0.4 is 5.43 Å². The van der Waals surface area contributed by atoms with Gasteiger partial charge in [-0.25, -0.2) is 0 Å². The molecular formula is C9H8Br2N2S. The van der Waals surface area contributed by atoms with Gasteiger partial charge in [-0.15, -0.1) is 11.3 Å². The highest BCUT2D eigenvalue weighted by Gasteiger charge is 2.03. The maximum Gasteiger partial charge on any atom is 0.0843 e. The lowest BCUT2D eigenvalue weighted by molar-refractivity contribution is 0.855. The van der Waals surface area contributed by atoms with Gasteiger partial charge in [-0.1, -0.05) is 0 Å². The van der Waals surface area contributed by atoms with Gasteiger partial charge in [0.25, 0.3) is 0 Å². The lowest BCUT2D eigenvalue weighted by atomic mass is 10.5. The number of rotatable bonds is 3. The minimum absolute atomic E-state index is 0.837. The van der Waals surface area contributed by atoms with Crippen molar-refractivity contribution >= 4 is 43.2 Å². The molecule has 14 heavy (non-hydrogen) atoms. The summed E-state index contributed by atoms with van der Waals surface area (Å²) in [5.41, 5.74) is 3.27. The van der Waals surface area contributed by atoms with Crippen LogP contribution in [-0.4, -0.2) is 4.68 Å². The Morgan fingerprint density at radius 2 is 2.00 bits per heavy atom. The fourth-order valence-electron chi connectivity index (χ4n) is 1.09. The molecule has 0 radical (unpaired) electrons. The molecule has 2 rings (SSSR count). The van der Waals surface area contributed by atoms with E-state index in [4.69, 9.17) is 0 Å². The molecule has 2 nitrogen and oxygen atoms in total. The van der Waals surface area contributed by atoms with Crippen molar-refractivity contribution in [3.8, 4) is 0 Å². The van der Waals surface area contributed by atoms with Crippen LogP contribution in [-0.2, 0) is 6.54 Å². The average molecular weight is 336 g/mol. The Morgan fingerprint density at radius 3 is 2.57 bits per heavy atom. The first-order valence-corrected chi connectivity index (χ1v) is 6.46. The molecule has 74 valence electrons. The molecule has 2 heterocycles. The molecule has 0 unspecified atom stereocenters. The Kier molecular flexibility index (Phi) is 3.30. The lowest BCUT2D eigenvalue weighted by Crippen LogP contribution is -2.10. The molecule has 0 spiro atoms. The van der Waals surface area contributed by atoms with Crippen LogP contribution in [0.15, 0.2) is 38.9 Å².